The van der Waals surface area contributed by atoms with E-state index in [4.69, 9.17) is 4.74 Å². The highest BCUT2D eigenvalue weighted by atomic mass is 16.5. The molecule has 23 heavy (non-hydrogen) atoms. The number of nitrogens with one attached hydrogen (secondary N) is 1. The van der Waals surface area contributed by atoms with E-state index in [9.17, 15) is 0 Å². The average Bonchev–Trinajstić information content (AvgIpc) is 2.57. The lowest BCUT2D eigenvalue weighted by Crippen LogP contribution is -2.14. The molecule has 0 aliphatic rings. The van der Waals surface area contributed by atoms with Gasteiger partial charge in [-0.1, -0.05) is 77.3 Å². The Morgan fingerprint density at radius 3 is 2.30 bits per heavy atom. The first-order valence-corrected chi connectivity index (χ1v) is 9.79. The Kier molecular flexibility index (Phi) is 12.7. The highest BCUT2D eigenvalue weighted by Gasteiger charge is 1.98. The summed E-state index contributed by atoms with van der Waals surface area (Å²) in [5.41, 5.74) is 1.32. The van der Waals surface area contributed by atoms with Crippen LogP contribution in [0.5, 0.6) is 5.75 Å². The van der Waals surface area contributed by atoms with E-state index < -0.39 is 0 Å². The predicted molar refractivity (Wildman–Crippen MR) is 101 cm³/mol. The molecule has 1 aromatic carbocycles. The third-order valence-electron chi connectivity index (χ3n) is 4.20. The maximum absolute atomic E-state index is 5.85. The zero-order chi connectivity index (χ0) is 16.6. The Morgan fingerprint density at radius 1 is 0.826 bits per heavy atom. The molecule has 2 heteroatoms. The molecule has 1 aromatic rings. The van der Waals surface area contributed by atoms with Crippen LogP contribution in [-0.4, -0.2) is 13.2 Å². The predicted octanol–water partition coefficient (Wildman–Crippen LogP) is 6.10. The molecule has 0 saturated heterocycles. The molecule has 0 aliphatic heterocycles. The largest absolute Gasteiger partial charge is 0.494 e. The molecule has 0 atom stereocenters. The molecule has 0 unspecified atom stereocenters. The Balaban J connectivity index is 2.09. The number of benzene rings is 1. The van der Waals surface area contributed by atoms with Gasteiger partial charge in [0.05, 0.1) is 6.61 Å². The van der Waals surface area contributed by atoms with E-state index in [1.54, 1.807) is 0 Å². The van der Waals surface area contributed by atoms with E-state index in [1.807, 2.05) is 0 Å². The Labute approximate surface area is 144 Å². The third-order valence-corrected chi connectivity index (χ3v) is 4.20. The maximum Gasteiger partial charge on any atom is 0.119 e. The van der Waals surface area contributed by atoms with Crippen molar-refractivity contribution in [3.05, 3.63) is 29.8 Å². The SMILES string of the molecule is CCCCCCCCNCc1cccc(OCCCCCC)c1. The second kappa shape index (κ2) is 14.6. The molecule has 0 bridgehead atoms. The van der Waals surface area contributed by atoms with Crippen LogP contribution in [0.1, 0.15) is 83.6 Å². The van der Waals surface area contributed by atoms with Crippen molar-refractivity contribution in [2.24, 2.45) is 0 Å². The minimum Gasteiger partial charge on any atom is -0.494 e. The van der Waals surface area contributed by atoms with Crippen LogP contribution in [0.25, 0.3) is 0 Å². The Bertz CT molecular complexity index is 378. The molecule has 0 radical (unpaired) electrons. The molecule has 2 nitrogen and oxygen atoms in total. The molecule has 1 rings (SSSR count). The summed E-state index contributed by atoms with van der Waals surface area (Å²) < 4.78 is 5.85. The second-order valence-electron chi connectivity index (χ2n) is 6.50. The van der Waals surface area contributed by atoms with E-state index in [2.05, 4.69) is 43.4 Å². The van der Waals surface area contributed by atoms with E-state index >= 15 is 0 Å². The summed E-state index contributed by atoms with van der Waals surface area (Å²) in [6.45, 7) is 7.41. The minimum absolute atomic E-state index is 0.842. The summed E-state index contributed by atoms with van der Waals surface area (Å²) in [5, 5.41) is 3.55. The van der Waals surface area contributed by atoms with E-state index in [0.29, 0.717) is 0 Å². The lowest BCUT2D eigenvalue weighted by Gasteiger charge is -2.09. The lowest BCUT2D eigenvalue weighted by molar-refractivity contribution is 0.304. The first kappa shape index (κ1) is 20.0. The van der Waals surface area contributed by atoms with Gasteiger partial charge in [0.1, 0.15) is 5.75 Å². The summed E-state index contributed by atoms with van der Waals surface area (Å²) in [5.74, 6) is 1.01. The van der Waals surface area contributed by atoms with E-state index in [-0.39, 0.29) is 0 Å². The molecule has 0 fully saturated rings. The van der Waals surface area contributed by atoms with Crippen LogP contribution in [0.2, 0.25) is 0 Å². The highest BCUT2D eigenvalue weighted by molar-refractivity contribution is 5.28. The highest BCUT2D eigenvalue weighted by Crippen LogP contribution is 2.14. The van der Waals surface area contributed by atoms with Crippen LogP contribution >= 0.6 is 0 Å². The smallest absolute Gasteiger partial charge is 0.119 e. The van der Waals surface area contributed by atoms with Gasteiger partial charge in [0.25, 0.3) is 0 Å². The summed E-state index contributed by atoms with van der Waals surface area (Å²) >= 11 is 0. The fourth-order valence-corrected chi connectivity index (χ4v) is 2.73. The van der Waals surface area contributed by atoms with Crippen molar-refractivity contribution in [3.8, 4) is 5.75 Å². The van der Waals surface area contributed by atoms with Crippen molar-refractivity contribution >= 4 is 0 Å². The number of hydrogen-bond acceptors (Lipinski definition) is 2. The van der Waals surface area contributed by atoms with Gasteiger partial charge in [0.15, 0.2) is 0 Å². The average molecular weight is 320 g/mol. The van der Waals surface area contributed by atoms with Crippen LogP contribution in [0.3, 0.4) is 0 Å². The van der Waals surface area contributed by atoms with Crippen LogP contribution in [-0.2, 0) is 6.54 Å². The summed E-state index contributed by atoms with van der Waals surface area (Å²) in [7, 11) is 0. The van der Waals surface area contributed by atoms with Crippen LogP contribution in [0.15, 0.2) is 24.3 Å². The number of hydrogen-bond donors (Lipinski definition) is 1. The van der Waals surface area contributed by atoms with Gasteiger partial charge in [-0.15, -0.1) is 0 Å². The monoisotopic (exact) mass is 319 g/mol. The van der Waals surface area contributed by atoms with E-state index in [1.165, 1.54) is 63.4 Å². The van der Waals surface area contributed by atoms with Crippen LogP contribution in [0.4, 0.5) is 0 Å². The van der Waals surface area contributed by atoms with Crippen molar-refractivity contribution in [2.75, 3.05) is 13.2 Å². The van der Waals surface area contributed by atoms with Gasteiger partial charge in [-0.05, 0) is 37.1 Å². The molecule has 0 spiro atoms. The van der Waals surface area contributed by atoms with Gasteiger partial charge in [-0.2, -0.15) is 0 Å². The standard InChI is InChI=1S/C21H37NO/c1-3-5-7-9-10-11-16-22-19-20-14-13-15-21(18-20)23-17-12-8-6-4-2/h13-15,18,22H,3-12,16-17,19H2,1-2H3. The molecule has 0 heterocycles. The first-order chi connectivity index (χ1) is 11.4. The zero-order valence-corrected chi connectivity index (χ0v) is 15.4. The quantitative estimate of drug-likeness (QED) is 0.395. The van der Waals surface area contributed by atoms with Crippen LogP contribution < -0.4 is 10.1 Å². The normalized spacial score (nSPS) is 10.9. The molecule has 0 aliphatic carbocycles. The maximum atomic E-state index is 5.85. The van der Waals surface area contributed by atoms with Crippen LogP contribution in [0, 0.1) is 0 Å². The second-order valence-corrected chi connectivity index (χ2v) is 6.50. The summed E-state index contributed by atoms with van der Waals surface area (Å²) in [6, 6.07) is 8.52. The molecule has 0 aromatic heterocycles. The Hall–Kier alpha value is -1.02. The number of unbranched alkanes of at least 4 members (excludes halogenated alkanes) is 8. The van der Waals surface area contributed by atoms with Crippen molar-refractivity contribution in [1.29, 1.82) is 0 Å². The molecule has 132 valence electrons. The molecule has 0 amide bonds. The van der Waals surface area contributed by atoms with Gasteiger partial charge in [0.2, 0.25) is 0 Å². The first-order valence-electron chi connectivity index (χ1n) is 9.79. The van der Waals surface area contributed by atoms with Gasteiger partial charge >= 0.3 is 0 Å². The van der Waals surface area contributed by atoms with Gasteiger partial charge in [0, 0.05) is 6.54 Å². The fraction of sp³-hybridized carbons (Fsp3) is 0.714. The number of ether oxygens (including phenoxy) is 1. The lowest BCUT2D eigenvalue weighted by atomic mass is 10.1. The van der Waals surface area contributed by atoms with Crippen molar-refractivity contribution in [3.63, 3.8) is 0 Å². The molecular formula is C21H37NO. The molecule has 1 N–H and O–H groups in total. The minimum atomic E-state index is 0.842. The number of rotatable bonds is 15. The Morgan fingerprint density at radius 2 is 1.52 bits per heavy atom. The molecule has 0 saturated carbocycles. The van der Waals surface area contributed by atoms with Crippen molar-refractivity contribution < 1.29 is 4.74 Å². The molecular weight excluding hydrogens is 282 g/mol. The summed E-state index contributed by atoms with van der Waals surface area (Å²) in [4.78, 5) is 0. The summed E-state index contributed by atoms with van der Waals surface area (Å²) in [6.07, 6.45) is 13.2. The topological polar surface area (TPSA) is 21.3 Å². The van der Waals surface area contributed by atoms with Gasteiger partial charge < -0.3 is 10.1 Å². The van der Waals surface area contributed by atoms with Gasteiger partial charge in [-0.3, -0.25) is 0 Å². The fourth-order valence-electron chi connectivity index (χ4n) is 2.73. The van der Waals surface area contributed by atoms with Gasteiger partial charge in [-0.25, -0.2) is 0 Å². The third kappa shape index (κ3) is 11.2. The van der Waals surface area contributed by atoms with E-state index in [0.717, 1.165) is 31.9 Å². The zero-order valence-electron chi connectivity index (χ0n) is 15.4. The van der Waals surface area contributed by atoms with Crippen molar-refractivity contribution in [2.45, 2.75) is 84.6 Å². The van der Waals surface area contributed by atoms with Crippen molar-refractivity contribution in [1.82, 2.24) is 5.32 Å².